The van der Waals surface area contributed by atoms with Crippen molar-refractivity contribution in [1.29, 1.82) is 0 Å². The summed E-state index contributed by atoms with van der Waals surface area (Å²) in [5.41, 5.74) is 3.41. The molecular formula is C24H27N3O4. The maximum atomic E-state index is 13.1. The molecule has 0 atom stereocenters. The van der Waals surface area contributed by atoms with Crippen LogP contribution in [0.2, 0.25) is 0 Å². The van der Waals surface area contributed by atoms with Crippen molar-refractivity contribution in [2.45, 2.75) is 25.0 Å². The predicted molar refractivity (Wildman–Crippen MR) is 117 cm³/mol. The minimum atomic E-state index is -0.629. The molecule has 1 fully saturated rings. The van der Waals surface area contributed by atoms with E-state index >= 15 is 0 Å². The minimum Gasteiger partial charge on any atom is -0.467 e. The van der Waals surface area contributed by atoms with Gasteiger partial charge in [-0.1, -0.05) is 36.4 Å². The molecule has 2 aliphatic rings. The molecule has 2 amide bonds. The van der Waals surface area contributed by atoms with E-state index in [9.17, 15) is 9.59 Å². The second-order valence-corrected chi connectivity index (χ2v) is 8.05. The van der Waals surface area contributed by atoms with E-state index in [1.807, 2.05) is 6.07 Å². The number of piperidine rings is 1. The number of nitrogens with one attached hydrogen (secondary N) is 1. The van der Waals surface area contributed by atoms with Crippen molar-refractivity contribution < 1.29 is 19.5 Å². The van der Waals surface area contributed by atoms with E-state index in [-0.39, 0.29) is 5.91 Å². The van der Waals surface area contributed by atoms with Crippen LogP contribution in [0.4, 0.5) is 0 Å². The number of hydrogen-bond acceptors (Lipinski definition) is 5. The Morgan fingerprint density at radius 2 is 1.94 bits per heavy atom. The second-order valence-electron chi connectivity index (χ2n) is 8.05. The highest BCUT2D eigenvalue weighted by molar-refractivity contribution is 5.99. The average molecular weight is 421 g/mol. The van der Waals surface area contributed by atoms with Gasteiger partial charge in [-0.25, -0.2) is 5.48 Å². The Morgan fingerprint density at radius 1 is 1.19 bits per heavy atom. The number of fused-ring (bicyclic) bond motifs is 1. The van der Waals surface area contributed by atoms with Gasteiger partial charge in [0, 0.05) is 45.6 Å². The monoisotopic (exact) mass is 421 g/mol. The molecule has 31 heavy (non-hydrogen) atoms. The zero-order valence-electron chi connectivity index (χ0n) is 17.6. The van der Waals surface area contributed by atoms with E-state index in [4.69, 9.17) is 9.94 Å². The topological polar surface area (TPSA) is 82.1 Å². The van der Waals surface area contributed by atoms with Gasteiger partial charge < -0.3 is 14.5 Å². The molecule has 2 aromatic rings. The predicted octanol–water partition coefficient (Wildman–Crippen LogP) is 2.70. The molecular weight excluding hydrogens is 394 g/mol. The summed E-state index contributed by atoms with van der Waals surface area (Å²) in [7, 11) is 1.80. The number of carbonyl (C=O) groups excluding carboxylic acids is 2. The second kappa shape index (κ2) is 8.91. The smallest absolute Gasteiger partial charge is 0.267 e. The van der Waals surface area contributed by atoms with Crippen LogP contribution in [0.15, 0.2) is 54.6 Å². The first-order valence-electron chi connectivity index (χ1n) is 10.5. The molecule has 0 radical (unpaired) electrons. The highest BCUT2D eigenvalue weighted by Gasteiger charge is 2.46. The Hall–Kier alpha value is -3.16. The molecule has 1 saturated heterocycles. The van der Waals surface area contributed by atoms with Gasteiger partial charge in [0.15, 0.2) is 5.72 Å². The maximum Gasteiger partial charge on any atom is 0.267 e. The number of hydroxylamine groups is 1. The molecule has 2 aromatic carbocycles. The summed E-state index contributed by atoms with van der Waals surface area (Å²) in [5.74, 6) is -0.138. The number of carbonyl (C=O) groups is 2. The van der Waals surface area contributed by atoms with Gasteiger partial charge in [-0.2, -0.15) is 0 Å². The summed E-state index contributed by atoms with van der Waals surface area (Å²) in [4.78, 5) is 28.5. The van der Waals surface area contributed by atoms with Crippen molar-refractivity contribution in [1.82, 2.24) is 15.3 Å². The van der Waals surface area contributed by atoms with Crippen LogP contribution < -0.4 is 10.2 Å². The molecule has 2 N–H and O–H groups in total. The lowest BCUT2D eigenvalue weighted by molar-refractivity contribution is -0.124. The number of rotatable bonds is 5. The molecule has 4 rings (SSSR count). The van der Waals surface area contributed by atoms with Crippen LogP contribution in [-0.2, 0) is 11.2 Å². The Balaban J connectivity index is 1.43. The van der Waals surface area contributed by atoms with E-state index in [0.29, 0.717) is 16.9 Å². The highest BCUT2D eigenvalue weighted by atomic mass is 16.5. The molecule has 7 heteroatoms. The van der Waals surface area contributed by atoms with E-state index in [0.717, 1.165) is 38.9 Å². The number of likely N-dealkylation sites (tertiary alicyclic amines) is 1. The Morgan fingerprint density at radius 3 is 2.65 bits per heavy atom. The van der Waals surface area contributed by atoms with Crippen molar-refractivity contribution in [3.05, 3.63) is 71.3 Å². The van der Waals surface area contributed by atoms with Gasteiger partial charge in [0.1, 0.15) is 5.75 Å². The molecule has 2 aliphatic heterocycles. The summed E-state index contributed by atoms with van der Waals surface area (Å²) < 4.78 is 6.39. The minimum absolute atomic E-state index is 0.0826. The van der Waals surface area contributed by atoms with Crippen LogP contribution in [0.1, 0.15) is 34.3 Å². The van der Waals surface area contributed by atoms with E-state index in [2.05, 4.69) is 29.2 Å². The summed E-state index contributed by atoms with van der Waals surface area (Å²) in [6.45, 7) is 2.74. The largest absolute Gasteiger partial charge is 0.467 e. The van der Waals surface area contributed by atoms with Crippen LogP contribution >= 0.6 is 0 Å². The standard InChI is InChI=1S/C24H27N3O4/c1-26-23(29)20-17-19(8-10-22(28)25-30)7-9-21(20)31-24(26)12-15-27(16-13-24)14-11-18-5-3-2-4-6-18/h2-10,17,30H,11-16H2,1H3,(H,25,28). The molecule has 1 spiro atoms. The third kappa shape index (κ3) is 4.47. The lowest BCUT2D eigenvalue weighted by Gasteiger charge is -2.49. The molecule has 0 aromatic heterocycles. The number of benzene rings is 2. The Labute approximate surface area is 181 Å². The van der Waals surface area contributed by atoms with Gasteiger partial charge in [-0.15, -0.1) is 0 Å². The summed E-state index contributed by atoms with van der Waals surface area (Å²) in [6.07, 6.45) is 5.25. The lowest BCUT2D eigenvalue weighted by atomic mass is 9.94. The molecule has 0 bridgehead atoms. The maximum absolute atomic E-state index is 13.1. The van der Waals surface area contributed by atoms with E-state index in [1.54, 1.807) is 35.6 Å². The summed E-state index contributed by atoms with van der Waals surface area (Å²) in [5, 5.41) is 8.60. The SMILES string of the molecule is CN1C(=O)c2cc(C=CC(=O)NO)ccc2OC12CCN(CCc1ccccc1)CC2. The van der Waals surface area contributed by atoms with Crippen LogP contribution in [0, 0.1) is 0 Å². The van der Waals surface area contributed by atoms with Crippen LogP contribution in [0.5, 0.6) is 5.75 Å². The van der Waals surface area contributed by atoms with Crippen molar-refractivity contribution in [3.8, 4) is 5.75 Å². The van der Waals surface area contributed by atoms with Crippen molar-refractivity contribution in [2.24, 2.45) is 0 Å². The van der Waals surface area contributed by atoms with Gasteiger partial charge >= 0.3 is 0 Å². The molecule has 7 nitrogen and oxygen atoms in total. The first-order chi connectivity index (χ1) is 15.0. The molecule has 0 saturated carbocycles. The highest BCUT2D eigenvalue weighted by Crippen LogP contribution is 2.39. The van der Waals surface area contributed by atoms with Crippen LogP contribution in [0.3, 0.4) is 0 Å². The first kappa shape index (κ1) is 21.1. The average Bonchev–Trinajstić information content (AvgIpc) is 2.81. The fourth-order valence-corrected chi connectivity index (χ4v) is 4.25. The zero-order valence-corrected chi connectivity index (χ0v) is 17.6. The number of hydrogen-bond donors (Lipinski definition) is 2. The molecule has 2 heterocycles. The van der Waals surface area contributed by atoms with Crippen LogP contribution in [0.25, 0.3) is 6.08 Å². The number of ether oxygens (including phenoxy) is 1. The van der Waals surface area contributed by atoms with Gasteiger partial charge in [-0.05, 0) is 35.8 Å². The molecule has 0 aliphatic carbocycles. The van der Waals surface area contributed by atoms with Crippen molar-refractivity contribution in [3.63, 3.8) is 0 Å². The molecule has 162 valence electrons. The Bertz CT molecular complexity index is 982. The number of nitrogens with zero attached hydrogens (tertiary/aromatic N) is 2. The normalized spacial score (nSPS) is 18.1. The van der Waals surface area contributed by atoms with Gasteiger partial charge in [0.2, 0.25) is 0 Å². The Kier molecular flexibility index (Phi) is 6.06. The summed E-state index contributed by atoms with van der Waals surface area (Å²) >= 11 is 0. The van der Waals surface area contributed by atoms with Crippen molar-refractivity contribution >= 4 is 17.9 Å². The van der Waals surface area contributed by atoms with E-state index < -0.39 is 11.6 Å². The third-order valence-corrected chi connectivity index (χ3v) is 6.18. The number of amides is 2. The fourth-order valence-electron chi connectivity index (χ4n) is 4.25. The summed E-state index contributed by atoms with van der Waals surface area (Å²) in [6, 6.07) is 15.7. The zero-order chi connectivity index (χ0) is 21.8. The van der Waals surface area contributed by atoms with E-state index in [1.165, 1.54) is 17.7 Å². The van der Waals surface area contributed by atoms with Crippen molar-refractivity contribution in [2.75, 3.05) is 26.7 Å². The fraction of sp³-hybridized carbons (Fsp3) is 0.333. The lowest BCUT2D eigenvalue weighted by Crippen LogP contribution is -2.61. The molecule has 0 unspecified atom stereocenters. The van der Waals surface area contributed by atoms with Gasteiger partial charge in [0.05, 0.1) is 5.56 Å². The van der Waals surface area contributed by atoms with Gasteiger partial charge in [-0.3, -0.25) is 14.8 Å². The quantitative estimate of drug-likeness (QED) is 0.441. The third-order valence-electron chi connectivity index (χ3n) is 6.18. The van der Waals surface area contributed by atoms with Gasteiger partial charge in [0.25, 0.3) is 11.8 Å². The van der Waals surface area contributed by atoms with Crippen LogP contribution in [-0.4, -0.2) is 59.2 Å². The first-order valence-corrected chi connectivity index (χ1v) is 10.5.